The van der Waals surface area contributed by atoms with Crippen LogP contribution in [-0.2, 0) is 11.3 Å². The van der Waals surface area contributed by atoms with Gasteiger partial charge >= 0.3 is 0 Å². The van der Waals surface area contributed by atoms with Crippen LogP contribution in [0, 0.1) is 0 Å². The van der Waals surface area contributed by atoms with E-state index in [1.807, 2.05) is 36.4 Å². The minimum Gasteiger partial charge on any atom is -0.497 e. The minimum absolute atomic E-state index is 0.176. The highest BCUT2D eigenvalue weighted by Crippen LogP contribution is 2.30. The first kappa shape index (κ1) is 24.7. The number of nitrogens with one attached hydrogen (secondary N) is 1. The van der Waals surface area contributed by atoms with E-state index in [1.54, 1.807) is 26.0 Å². The first-order chi connectivity index (χ1) is 18.1. The van der Waals surface area contributed by atoms with E-state index in [0.29, 0.717) is 30.3 Å². The Morgan fingerprint density at radius 2 is 1.68 bits per heavy atom. The van der Waals surface area contributed by atoms with E-state index in [1.165, 1.54) is 0 Å². The molecule has 0 aliphatic carbocycles. The van der Waals surface area contributed by atoms with Crippen LogP contribution in [0.25, 0.3) is 10.9 Å². The van der Waals surface area contributed by atoms with Crippen LogP contribution in [0.5, 0.6) is 11.5 Å². The van der Waals surface area contributed by atoms with Crippen molar-refractivity contribution in [1.29, 1.82) is 0 Å². The van der Waals surface area contributed by atoms with E-state index in [9.17, 15) is 4.79 Å². The van der Waals surface area contributed by atoms with Crippen molar-refractivity contribution in [3.8, 4) is 11.5 Å². The number of pyridine rings is 1. The molecule has 0 bridgehead atoms. The second kappa shape index (κ2) is 11.0. The topological polar surface area (TPSA) is 111 Å². The summed E-state index contributed by atoms with van der Waals surface area (Å²) in [6.45, 7) is 4.01. The van der Waals surface area contributed by atoms with E-state index in [4.69, 9.17) is 14.2 Å². The normalized spacial score (nSPS) is 15.2. The Bertz CT molecular complexity index is 1390. The summed E-state index contributed by atoms with van der Waals surface area (Å²) < 4.78 is 17.6. The first-order valence-corrected chi connectivity index (χ1v) is 12.2. The van der Waals surface area contributed by atoms with Crippen molar-refractivity contribution in [2.24, 2.45) is 0 Å². The first-order valence-electron chi connectivity index (χ1n) is 12.2. The van der Waals surface area contributed by atoms with Crippen molar-refractivity contribution in [3.05, 3.63) is 70.3 Å². The number of aromatic nitrogens is 5. The van der Waals surface area contributed by atoms with Gasteiger partial charge in [-0.1, -0.05) is 0 Å². The number of aromatic amines is 1. The molecule has 1 fully saturated rings. The van der Waals surface area contributed by atoms with Crippen LogP contribution in [0.3, 0.4) is 0 Å². The van der Waals surface area contributed by atoms with Crippen LogP contribution in [0.4, 0.5) is 5.69 Å². The molecule has 2 aromatic carbocycles. The van der Waals surface area contributed by atoms with Gasteiger partial charge in [0.1, 0.15) is 17.5 Å². The number of nitrogens with zero attached hydrogens (tertiary/aromatic N) is 6. The van der Waals surface area contributed by atoms with Gasteiger partial charge in [-0.2, -0.15) is 0 Å². The molecule has 0 amide bonds. The van der Waals surface area contributed by atoms with Crippen molar-refractivity contribution in [2.75, 3.05) is 59.0 Å². The van der Waals surface area contributed by atoms with Crippen LogP contribution < -0.4 is 19.9 Å². The Morgan fingerprint density at radius 3 is 2.38 bits per heavy atom. The van der Waals surface area contributed by atoms with Gasteiger partial charge in [-0.15, -0.1) is 5.10 Å². The molecule has 1 saturated heterocycles. The summed E-state index contributed by atoms with van der Waals surface area (Å²) >= 11 is 0. The van der Waals surface area contributed by atoms with E-state index in [0.717, 1.165) is 48.5 Å². The van der Waals surface area contributed by atoms with E-state index in [2.05, 4.69) is 42.4 Å². The van der Waals surface area contributed by atoms with Gasteiger partial charge in [0.15, 0.2) is 5.82 Å². The van der Waals surface area contributed by atoms with Gasteiger partial charge in [0.05, 0.1) is 32.9 Å². The lowest BCUT2D eigenvalue weighted by Crippen LogP contribution is -2.49. The number of piperazine rings is 1. The second-order valence-electron chi connectivity index (χ2n) is 8.88. The number of hydrogen-bond donors (Lipinski definition) is 1. The van der Waals surface area contributed by atoms with Crippen LogP contribution in [0.1, 0.15) is 17.4 Å². The van der Waals surface area contributed by atoms with Crippen molar-refractivity contribution in [1.82, 2.24) is 30.1 Å². The monoisotopic (exact) mass is 505 g/mol. The average Bonchev–Trinajstić information content (AvgIpc) is 3.40. The SMILES string of the molecule is COCCn1nnnc1[C@H](c1cc2ccc(OC)cc2[nH]c1=O)N1CCN(c2ccc(OC)cc2)CC1. The van der Waals surface area contributed by atoms with Crippen molar-refractivity contribution < 1.29 is 14.2 Å². The predicted octanol–water partition coefficient (Wildman–Crippen LogP) is 2.09. The number of methoxy groups -OCH3 is 3. The van der Waals surface area contributed by atoms with Crippen LogP contribution in [0.15, 0.2) is 53.3 Å². The molecule has 1 aliphatic heterocycles. The number of rotatable bonds is 9. The summed E-state index contributed by atoms with van der Waals surface area (Å²) in [5, 5.41) is 13.4. The fraction of sp³-hybridized carbons (Fsp3) is 0.385. The quantitative estimate of drug-likeness (QED) is 0.366. The Kier molecular flexibility index (Phi) is 7.33. The highest BCUT2D eigenvalue weighted by atomic mass is 16.5. The number of benzene rings is 2. The number of ether oxygens (including phenoxy) is 3. The molecule has 0 radical (unpaired) electrons. The molecule has 4 aromatic rings. The molecular weight excluding hydrogens is 474 g/mol. The number of fused-ring (bicyclic) bond motifs is 1. The molecule has 1 N–H and O–H groups in total. The molecule has 194 valence electrons. The van der Waals surface area contributed by atoms with E-state index in [-0.39, 0.29) is 5.56 Å². The third-order valence-corrected chi connectivity index (χ3v) is 6.80. The summed E-state index contributed by atoms with van der Waals surface area (Å²) in [5.41, 5.74) is 2.28. The third kappa shape index (κ3) is 5.13. The van der Waals surface area contributed by atoms with E-state index >= 15 is 0 Å². The van der Waals surface area contributed by atoms with Crippen molar-refractivity contribution >= 4 is 16.6 Å². The maximum Gasteiger partial charge on any atom is 0.253 e. The Hall–Kier alpha value is -3.96. The second-order valence-corrected chi connectivity index (χ2v) is 8.88. The molecule has 0 saturated carbocycles. The number of hydrogen-bond acceptors (Lipinski definition) is 9. The number of tetrazole rings is 1. The average molecular weight is 506 g/mol. The fourth-order valence-electron chi connectivity index (χ4n) is 4.80. The number of H-pyrrole nitrogens is 1. The molecule has 0 unspecified atom stereocenters. The maximum absolute atomic E-state index is 13.4. The highest BCUT2D eigenvalue weighted by molar-refractivity contribution is 5.80. The predicted molar refractivity (Wildman–Crippen MR) is 139 cm³/mol. The van der Waals surface area contributed by atoms with Gasteiger partial charge in [-0.3, -0.25) is 9.69 Å². The lowest BCUT2D eigenvalue weighted by molar-refractivity contribution is 0.171. The van der Waals surface area contributed by atoms with Gasteiger partial charge in [0, 0.05) is 50.6 Å². The van der Waals surface area contributed by atoms with Gasteiger partial charge in [-0.05, 0) is 58.3 Å². The standard InChI is InChI=1S/C26H31N7O4/c1-35-15-14-33-25(28-29-30-33)24(22-16-18-4-7-21(37-3)17-23(18)27-26(22)34)32-12-10-31(11-13-32)19-5-8-20(36-2)9-6-19/h4-9,16-17,24H,10-15H2,1-3H3,(H,27,34)/t24-/m0/s1. The van der Waals surface area contributed by atoms with Gasteiger partial charge < -0.3 is 24.1 Å². The lowest BCUT2D eigenvalue weighted by Gasteiger charge is -2.39. The molecule has 11 heteroatoms. The van der Waals surface area contributed by atoms with E-state index < -0.39 is 6.04 Å². The maximum atomic E-state index is 13.4. The molecular formula is C26H31N7O4. The van der Waals surface area contributed by atoms with Crippen molar-refractivity contribution in [3.63, 3.8) is 0 Å². The van der Waals surface area contributed by atoms with Crippen LogP contribution in [-0.4, -0.2) is 84.2 Å². The number of anilines is 1. The summed E-state index contributed by atoms with van der Waals surface area (Å²) in [6, 6.07) is 15.3. The smallest absolute Gasteiger partial charge is 0.253 e. The van der Waals surface area contributed by atoms with Crippen molar-refractivity contribution in [2.45, 2.75) is 12.6 Å². The van der Waals surface area contributed by atoms with Gasteiger partial charge in [0.25, 0.3) is 5.56 Å². The third-order valence-electron chi connectivity index (χ3n) is 6.80. The zero-order chi connectivity index (χ0) is 25.8. The largest absolute Gasteiger partial charge is 0.497 e. The molecule has 11 nitrogen and oxygen atoms in total. The molecule has 1 atom stereocenters. The highest BCUT2D eigenvalue weighted by Gasteiger charge is 2.32. The summed E-state index contributed by atoms with van der Waals surface area (Å²) in [7, 11) is 4.91. The Labute approximate surface area is 214 Å². The summed E-state index contributed by atoms with van der Waals surface area (Å²) in [4.78, 5) is 21.1. The molecule has 1 aliphatic rings. The summed E-state index contributed by atoms with van der Waals surface area (Å²) in [5.74, 6) is 2.14. The van der Waals surface area contributed by atoms with Gasteiger partial charge in [-0.25, -0.2) is 4.68 Å². The molecule has 3 heterocycles. The van der Waals surface area contributed by atoms with Gasteiger partial charge in [0.2, 0.25) is 0 Å². The Morgan fingerprint density at radius 1 is 0.946 bits per heavy atom. The minimum atomic E-state index is -0.417. The molecule has 5 rings (SSSR count). The molecule has 37 heavy (non-hydrogen) atoms. The zero-order valence-corrected chi connectivity index (χ0v) is 21.3. The van der Waals surface area contributed by atoms with Crippen LogP contribution >= 0.6 is 0 Å². The lowest BCUT2D eigenvalue weighted by atomic mass is 10.0. The zero-order valence-electron chi connectivity index (χ0n) is 21.3. The Balaban J connectivity index is 1.48. The fourth-order valence-corrected chi connectivity index (χ4v) is 4.80. The molecule has 2 aromatic heterocycles. The summed E-state index contributed by atoms with van der Waals surface area (Å²) in [6.07, 6.45) is 0. The van der Waals surface area contributed by atoms with Crippen LogP contribution in [0.2, 0.25) is 0 Å². The molecule has 0 spiro atoms.